The Balaban J connectivity index is 1.82. The monoisotopic (exact) mass is 321 g/mol. The molecule has 4 nitrogen and oxygen atoms in total. The lowest BCUT2D eigenvalue weighted by Gasteiger charge is -2.43. The van der Waals surface area contributed by atoms with Gasteiger partial charge in [-0.3, -0.25) is 0 Å². The zero-order valence-corrected chi connectivity index (χ0v) is 14.9. The molecule has 1 heterocycles. The molecule has 0 saturated carbocycles. The van der Waals surface area contributed by atoms with Gasteiger partial charge in [0.05, 0.1) is 23.9 Å². The summed E-state index contributed by atoms with van der Waals surface area (Å²) in [7, 11) is 0. The molecule has 2 atom stereocenters. The van der Waals surface area contributed by atoms with Gasteiger partial charge in [0.1, 0.15) is 5.75 Å². The van der Waals surface area contributed by atoms with Crippen molar-refractivity contribution < 1.29 is 14.6 Å². The van der Waals surface area contributed by atoms with E-state index in [2.05, 4.69) is 31.3 Å². The maximum absolute atomic E-state index is 10.8. The molecular weight excluding hydrogens is 290 g/mol. The van der Waals surface area contributed by atoms with E-state index in [9.17, 15) is 5.11 Å². The van der Waals surface area contributed by atoms with E-state index in [1.165, 1.54) is 5.56 Å². The molecule has 0 bridgehead atoms. The van der Waals surface area contributed by atoms with Gasteiger partial charge in [-0.05, 0) is 44.9 Å². The van der Waals surface area contributed by atoms with Crippen LogP contribution in [0.4, 0.5) is 0 Å². The third kappa shape index (κ3) is 5.48. The van der Waals surface area contributed by atoms with Gasteiger partial charge >= 0.3 is 0 Å². The van der Waals surface area contributed by atoms with Gasteiger partial charge in [-0.1, -0.05) is 19.1 Å². The first-order valence-corrected chi connectivity index (χ1v) is 8.67. The molecular formula is C19H31NO3. The lowest BCUT2D eigenvalue weighted by molar-refractivity contribution is -0.151. The van der Waals surface area contributed by atoms with Gasteiger partial charge in [-0.25, -0.2) is 0 Å². The van der Waals surface area contributed by atoms with Crippen molar-refractivity contribution >= 4 is 0 Å². The predicted molar refractivity (Wildman–Crippen MR) is 92.7 cm³/mol. The molecule has 0 spiro atoms. The largest absolute Gasteiger partial charge is 0.491 e. The summed E-state index contributed by atoms with van der Waals surface area (Å²) in [5.74, 6) is 0.894. The van der Waals surface area contributed by atoms with E-state index in [0.717, 1.165) is 18.7 Å². The molecule has 2 rings (SSSR count). The second kappa shape index (κ2) is 7.65. The first-order valence-electron chi connectivity index (χ1n) is 8.67. The van der Waals surface area contributed by atoms with Crippen LogP contribution in [0.25, 0.3) is 0 Å². The van der Waals surface area contributed by atoms with Crippen LogP contribution in [0.5, 0.6) is 5.75 Å². The number of hydrogen-bond acceptors (Lipinski definition) is 4. The lowest BCUT2D eigenvalue weighted by atomic mass is 9.82. The minimum Gasteiger partial charge on any atom is -0.491 e. The van der Waals surface area contributed by atoms with Crippen LogP contribution < -0.4 is 10.1 Å². The fourth-order valence-corrected chi connectivity index (χ4v) is 3.10. The second-order valence-corrected chi connectivity index (χ2v) is 7.22. The first-order chi connectivity index (χ1) is 10.8. The molecule has 4 heteroatoms. The third-order valence-corrected chi connectivity index (χ3v) is 4.55. The van der Waals surface area contributed by atoms with Crippen LogP contribution in [0, 0.1) is 0 Å². The predicted octanol–water partition coefficient (Wildman–Crippen LogP) is 3.27. The Labute approximate surface area is 140 Å². The molecule has 0 radical (unpaired) electrons. The third-order valence-electron chi connectivity index (χ3n) is 4.55. The molecule has 0 unspecified atom stereocenters. The Morgan fingerprint density at radius 1 is 1.30 bits per heavy atom. The fraction of sp³-hybridized carbons (Fsp3) is 0.684. The van der Waals surface area contributed by atoms with Gasteiger partial charge in [-0.2, -0.15) is 0 Å². The van der Waals surface area contributed by atoms with E-state index < -0.39 is 5.60 Å². The van der Waals surface area contributed by atoms with Crippen LogP contribution in [0.2, 0.25) is 0 Å². The van der Waals surface area contributed by atoms with Crippen molar-refractivity contribution in [3.05, 3.63) is 29.8 Å². The summed E-state index contributed by atoms with van der Waals surface area (Å²) in [5, 5.41) is 14.2. The van der Waals surface area contributed by atoms with Gasteiger partial charge in [0.25, 0.3) is 0 Å². The van der Waals surface area contributed by atoms with E-state index in [0.29, 0.717) is 26.0 Å². The van der Waals surface area contributed by atoms with Crippen molar-refractivity contribution in [3.8, 4) is 5.75 Å². The van der Waals surface area contributed by atoms with Crippen LogP contribution in [0.1, 0.15) is 52.5 Å². The molecule has 1 aromatic carbocycles. The Kier molecular flexibility index (Phi) is 6.06. The van der Waals surface area contributed by atoms with E-state index >= 15 is 0 Å². The standard InChI is InChI=1S/C19H31NO3/c1-5-18(4)13-19(21,10-11-22-18)14-20-12-16-6-8-17(9-7-16)23-15(2)3/h6-9,15,20-21H,5,10-14H2,1-4H3/t18-,19-/m0/s1. The highest BCUT2D eigenvalue weighted by atomic mass is 16.5. The summed E-state index contributed by atoms with van der Waals surface area (Å²) in [6, 6.07) is 8.12. The average molecular weight is 321 g/mol. The maximum atomic E-state index is 10.8. The molecule has 1 fully saturated rings. The van der Waals surface area contributed by atoms with Crippen molar-refractivity contribution in [1.82, 2.24) is 5.32 Å². The number of aliphatic hydroxyl groups is 1. The van der Waals surface area contributed by atoms with E-state index in [-0.39, 0.29) is 11.7 Å². The van der Waals surface area contributed by atoms with Gasteiger partial charge in [0.15, 0.2) is 0 Å². The van der Waals surface area contributed by atoms with Crippen molar-refractivity contribution in [1.29, 1.82) is 0 Å². The minimum absolute atomic E-state index is 0.189. The van der Waals surface area contributed by atoms with Gasteiger partial charge in [0, 0.05) is 25.9 Å². The van der Waals surface area contributed by atoms with Gasteiger partial charge in [-0.15, -0.1) is 0 Å². The maximum Gasteiger partial charge on any atom is 0.119 e. The van der Waals surface area contributed by atoms with E-state index in [1.807, 2.05) is 26.0 Å². The number of ether oxygens (including phenoxy) is 2. The Hall–Kier alpha value is -1.10. The zero-order chi connectivity index (χ0) is 16.9. The molecule has 1 aliphatic rings. The van der Waals surface area contributed by atoms with Crippen LogP contribution in [-0.4, -0.2) is 35.6 Å². The summed E-state index contributed by atoms with van der Waals surface area (Å²) >= 11 is 0. The molecule has 2 N–H and O–H groups in total. The number of hydrogen-bond donors (Lipinski definition) is 2. The highest BCUT2D eigenvalue weighted by molar-refractivity contribution is 5.27. The number of nitrogens with one attached hydrogen (secondary N) is 1. The van der Waals surface area contributed by atoms with Crippen molar-refractivity contribution in [3.63, 3.8) is 0 Å². The molecule has 1 aromatic rings. The van der Waals surface area contributed by atoms with Crippen molar-refractivity contribution in [2.45, 2.75) is 70.8 Å². The number of rotatable bonds is 7. The van der Waals surface area contributed by atoms with E-state index in [4.69, 9.17) is 9.47 Å². The molecule has 0 aliphatic carbocycles. The smallest absolute Gasteiger partial charge is 0.119 e. The molecule has 0 amide bonds. The quantitative estimate of drug-likeness (QED) is 0.809. The Bertz CT molecular complexity index is 488. The zero-order valence-electron chi connectivity index (χ0n) is 14.9. The average Bonchev–Trinajstić information content (AvgIpc) is 2.48. The van der Waals surface area contributed by atoms with Crippen molar-refractivity contribution in [2.24, 2.45) is 0 Å². The van der Waals surface area contributed by atoms with Gasteiger partial charge in [0.2, 0.25) is 0 Å². The molecule has 23 heavy (non-hydrogen) atoms. The Morgan fingerprint density at radius 3 is 2.61 bits per heavy atom. The van der Waals surface area contributed by atoms with Crippen LogP contribution >= 0.6 is 0 Å². The molecule has 130 valence electrons. The van der Waals surface area contributed by atoms with Crippen LogP contribution in [0.15, 0.2) is 24.3 Å². The lowest BCUT2D eigenvalue weighted by Crippen LogP contribution is -2.52. The highest BCUT2D eigenvalue weighted by Gasteiger charge is 2.40. The van der Waals surface area contributed by atoms with Crippen LogP contribution in [0.3, 0.4) is 0 Å². The number of benzene rings is 1. The molecule has 1 saturated heterocycles. The van der Waals surface area contributed by atoms with Gasteiger partial charge < -0.3 is 19.9 Å². The van der Waals surface area contributed by atoms with E-state index in [1.54, 1.807) is 0 Å². The normalized spacial score (nSPS) is 28.1. The Morgan fingerprint density at radius 2 is 2.00 bits per heavy atom. The highest BCUT2D eigenvalue weighted by Crippen LogP contribution is 2.34. The summed E-state index contributed by atoms with van der Waals surface area (Å²) in [6.07, 6.45) is 2.49. The summed E-state index contributed by atoms with van der Waals surface area (Å²) in [5.41, 5.74) is 0.309. The SMILES string of the molecule is CC[C@@]1(C)C[C@](O)(CNCc2ccc(OC(C)C)cc2)CCO1. The second-order valence-electron chi connectivity index (χ2n) is 7.22. The molecule has 1 aliphatic heterocycles. The fourth-order valence-electron chi connectivity index (χ4n) is 3.10. The summed E-state index contributed by atoms with van der Waals surface area (Å²) in [4.78, 5) is 0. The minimum atomic E-state index is -0.677. The van der Waals surface area contributed by atoms with Crippen LogP contribution in [-0.2, 0) is 11.3 Å². The van der Waals surface area contributed by atoms with Crippen molar-refractivity contribution in [2.75, 3.05) is 13.2 Å². The summed E-state index contributed by atoms with van der Waals surface area (Å²) < 4.78 is 11.5. The topological polar surface area (TPSA) is 50.7 Å². The first kappa shape index (κ1) is 18.2. The molecule has 0 aromatic heterocycles. The summed E-state index contributed by atoms with van der Waals surface area (Å²) in [6.45, 7) is 10.2.